The maximum atomic E-state index is 11.3. The molecule has 0 saturated heterocycles. The Kier molecular flexibility index (Phi) is 2.28. The van der Waals surface area contributed by atoms with Gasteiger partial charge in [-0.05, 0) is 12.8 Å². The minimum absolute atomic E-state index is 0.0295. The fraction of sp³-hybridized carbons (Fsp3) is 0.750. The summed E-state index contributed by atoms with van der Waals surface area (Å²) in [5.74, 6) is 0.0320. The summed E-state index contributed by atoms with van der Waals surface area (Å²) < 4.78 is 1.17. The SMILES string of the molecule is O=c1[nH][nH]c(=O)n1C1CCCC1CO. The van der Waals surface area contributed by atoms with Crippen LogP contribution in [0.25, 0.3) is 0 Å². The second-order valence-electron chi connectivity index (χ2n) is 3.67. The molecule has 0 amide bonds. The topological polar surface area (TPSA) is 90.9 Å². The number of aliphatic hydroxyl groups is 1. The van der Waals surface area contributed by atoms with E-state index in [4.69, 9.17) is 5.11 Å². The van der Waals surface area contributed by atoms with Gasteiger partial charge in [-0.3, -0.25) is 0 Å². The second-order valence-corrected chi connectivity index (χ2v) is 3.67. The van der Waals surface area contributed by atoms with Crippen molar-refractivity contribution in [3.63, 3.8) is 0 Å². The molecule has 1 heterocycles. The Morgan fingerprint density at radius 1 is 1.29 bits per heavy atom. The Labute approximate surface area is 79.6 Å². The van der Waals surface area contributed by atoms with Crippen LogP contribution in [-0.4, -0.2) is 26.5 Å². The van der Waals surface area contributed by atoms with E-state index >= 15 is 0 Å². The van der Waals surface area contributed by atoms with Crippen LogP contribution in [0.2, 0.25) is 0 Å². The summed E-state index contributed by atoms with van der Waals surface area (Å²) in [4.78, 5) is 22.6. The smallest absolute Gasteiger partial charge is 0.344 e. The predicted octanol–water partition coefficient (Wildman–Crippen LogP) is -0.802. The van der Waals surface area contributed by atoms with Crippen LogP contribution in [0.1, 0.15) is 25.3 Å². The van der Waals surface area contributed by atoms with Crippen molar-refractivity contribution in [1.82, 2.24) is 14.8 Å². The Morgan fingerprint density at radius 3 is 2.50 bits per heavy atom. The molecule has 1 aliphatic carbocycles. The van der Waals surface area contributed by atoms with Crippen molar-refractivity contribution >= 4 is 0 Å². The van der Waals surface area contributed by atoms with Crippen LogP contribution in [0, 0.1) is 5.92 Å². The highest BCUT2D eigenvalue weighted by molar-refractivity contribution is 4.85. The van der Waals surface area contributed by atoms with Gasteiger partial charge in [0.15, 0.2) is 0 Å². The van der Waals surface area contributed by atoms with E-state index in [0.29, 0.717) is 0 Å². The lowest BCUT2D eigenvalue weighted by molar-refractivity contribution is 0.193. The van der Waals surface area contributed by atoms with E-state index in [9.17, 15) is 9.59 Å². The van der Waals surface area contributed by atoms with Crippen LogP contribution in [-0.2, 0) is 0 Å². The van der Waals surface area contributed by atoms with Gasteiger partial charge in [-0.15, -0.1) is 0 Å². The highest BCUT2D eigenvalue weighted by Gasteiger charge is 2.30. The first kappa shape index (κ1) is 9.26. The zero-order chi connectivity index (χ0) is 10.1. The molecule has 2 rings (SSSR count). The van der Waals surface area contributed by atoms with E-state index in [0.717, 1.165) is 19.3 Å². The van der Waals surface area contributed by atoms with Gasteiger partial charge in [0.05, 0.1) is 0 Å². The zero-order valence-electron chi connectivity index (χ0n) is 7.69. The molecule has 2 unspecified atom stereocenters. The van der Waals surface area contributed by atoms with Gasteiger partial charge in [0.1, 0.15) is 0 Å². The quantitative estimate of drug-likeness (QED) is 0.582. The predicted molar refractivity (Wildman–Crippen MR) is 49.1 cm³/mol. The summed E-state index contributed by atoms with van der Waals surface area (Å²) in [7, 11) is 0. The first-order valence-corrected chi connectivity index (χ1v) is 4.74. The van der Waals surface area contributed by atoms with Crippen molar-refractivity contribution in [3.05, 3.63) is 21.0 Å². The zero-order valence-corrected chi connectivity index (χ0v) is 7.69. The van der Waals surface area contributed by atoms with E-state index in [1.54, 1.807) is 0 Å². The Morgan fingerprint density at radius 2 is 1.93 bits per heavy atom. The van der Waals surface area contributed by atoms with Gasteiger partial charge in [0, 0.05) is 18.6 Å². The third-order valence-corrected chi connectivity index (χ3v) is 2.90. The first-order chi connectivity index (χ1) is 6.74. The molecule has 2 atom stereocenters. The minimum atomic E-state index is -0.416. The van der Waals surface area contributed by atoms with Crippen molar-refractivity contribution in [2.75, 3.05) is 6.61 Å². The molecule has 1 aromatic rings. The molecule has 1 aromatic heterocycles. The second kappa shape index (κ2) is 3.45. The molecule has 6 nitrogen and oxygen atoms in total. The molecular formula is C8H13N3O3. The van der Waals surface area contributed by atoms with Crippen molar-refractivity contribution in [1.29, 1.82) is 0 Å². The molecule has 78 valence electrons. The van der Waals surface area contributed by atoms with Crippen LogP contribution in [0.4, 0.5) is 0 Å². The monoisotopic (exact) mass is 199 g/mol. The van der Waals surface area contributed by atoms with Crippen molar-refractivity contribution in [2.45, 2.75) is 25.3 Å². The summed E-state index contributed by atoms with van der Waals surface area (Å²) in [5, 5.41) is 13.6. The maximum Gasteiger partial charge on any atom is 0.344 e. The average molecular weight is 199 g/mol. The summed E-state index contributed by atoms with van der Waals surface area (Å²) in [5.41, 5.74) is -0.833. The highest BCUT2D eigenvalue weighted by atomic mass is 16.3. The van der Waals surface area contributed by atoms with Crippen LogP contribution in [0.3, 0.4) is 0 Å². The number of hydrogen-bond donors (Lipinski definition) is 3. The molecule has 0 bridgehead atoms. The number of aromatic nitrogens is 3. The molecule has 1 fully saturated rings. The van der Waals surface area contributed by atoms with E-state index in [1.165, 1.54) is 4.57 Å². The van der Waals surface area contributed by atoms with E-state index in [2.05, 4.69) is 10.2 Å². The van der Waals surface area contributed by atoms with Crippen LogP contribution in [0.15, 0.2) is 9.59 Å². The normalized spacial score (nSPS) is 26.9. The summed E-state index contributed by atoms with van der Waals surface area (Å²) >= 11 is 0. The highest BCUT2D eigenvalue weighted by Crippen LogP contribution is 2.33. The third kappa shape index (κ3) is 1.31. The molecule has 1 saturated carbocycles. The first-order valence-electron chi connectivity index (χ1n) is 4.74. The average Bonchev–Trinajstić information content (AvgIpc) is 2.73. The van der Waals surface area contributed by atoms with Gasteiger partial charge < -0.3 is 5.11 Å². The molecule has 1 aliphatic rings. The minimum Gasteiger partial charge on any atom is -0.396 e. The number of hydrogen-bond acceptors (Lipinski definition) is 3. The third-order valence-electron chi connectivity index (χ3n) is 2.90. The summed E-state index contributed by atoms with van der Waals surface area (Å²) in [6.07, 6.45) is 2.61. The van der Waals surface area contributed by atoms with E-state index in [-0.39, 0.29) is 18.6 Å². The lowest BCUT2D eigenvalue weighted by atomic mass is 10.1. The van der Waals surface area contributed by atoms with E-state index < -0.39 is 11.4 Å². The molecule has 0 aromatic carbocycles. The molecular weight excluding hydrogens is 186 g/mol. The van der Waals surface area contributed by atoms with Crippen molar-refractivity contribution in [3.8, 4) is 0 Å². The van der Waals surface area contributed by atoms with Crippen LogP contribution in [0.5, 0.6) is 0 Å². The maximum absolute atomic E-state index is 11.3. The van der Waals surface area contributed by atoms with Gasteiger partial charge in [-0.25, -0.2) is 24.4 Å². The Hall–Kier alpha value is -1.30. The van der Waals surface area contributed by atoms with Gasteiger partial charge in [0.25, 0.3) is 0 Å². The Bertz CT molecular complexity index is 388. The molecule has 14 heavy (non-hydrogen) atoms. The molecule has 3 N–H and O–H groups in total. The number of rotatable bonds is 2. The van der Waals surface area contributed by atoms with Crippen LogP contribution < -0.4 is 11.4 Å². The standard InChI is InChI=1S/C8H13N3O3/c12-4-5-2-1-3-6(5)11-7(13)9-10-8(11)14/h5-6,12H,1-4H2,(H,9,13)(H,10,14). The summed E-state index contributed by atoms with van der Waals surface area (Å²) in [6.45, 7) is 0.0295. The Balaban J connectivity index is 2.39. The number of nitrogens with one attached hydrogen (secondary N) is 2. The van der Waals surface area contributed by atoms with Gasteiger partial charge in [-0.1, -0.05) is 6.42 Å². The lowest BCUT2D eigenvalue weighted by Crippen LogP contribution is -2.33. The fourth-order valence-electron chi connectivity index (χ4n) is 2.19. The van der Waals surface area contributed by atoms with Crippen molar-refractivity contribution in [2.24, 2.45) is 5.92 Å². The summed E-state index contributed by atoms with van der Waals surface area (Å²) in [6, 6.07) is -0.150. The number of aromatic amines is 2. The number of nitrogens with zero attached hydrogens (tertiary/aromatic N) is 1. The number of aliphatic hydroxyl groups excluding tert-OH is 1. The van der Waals surface area contributed by atoms with Gasteiger partial charge >= 0.3 is 11.4 Å². The van der Waals surface area contributed by atoms with Gasteiger partial charge in [-0.2, -0.15) is 0 Å². The van der Waals surface area contributed by atoms with Gasteiger partial charge in [0.2, 0.25) is 0 Å². The van der Waals surface area contributed by atoms with Crippen molar-refractivity contribution < 1.29 is 5.11 Å². The lowest BCUT2D eigenvalue weighted by Gasteiger charge is -2.15. The molecule has 0 aliphatic heterocycles. The molecule has 6 heteroatoms. The molecule has 0 spiro atoms. The van der Waals surface area contributed by atoms with E-state index in [1.807, 2.05) is 0 Å². The molecule has 0 radical (unpaired) electrons. The largest absolute Gasteiger partial charge is 0.396 e. The van der Waals surface area contributed by atoms with Crippen LogP contribution >= 0.6 is 0 Å². The fourth-order valence-corrected chi connectivity index (χ4v) is 2.19. The number of H-pyrrole nitrogens is 2.